The molecule has 0 fully saturated rings. The van der Waals surface area contributed by atoms with Crippen molar-refractivity contribution < 1.29 is 4.79 Å². The average Bonchev–Trinajstić information content (AvgIpc) is 2.41. The molecule has 18 heavy (non-hydrogen) atoms. The molecule has 0 aromatic heterocycles. The molecule has 0 atom stereocenters. The van der Waals surface area contributed by atoms with Crippen molar-refractivity contribution in [2.45, 2.75) is 32.6 Å². The molecule has 0 spiro atoms. The second kappa shape index (κ2) is 9.21. The van der Waals surface area contributed by atoms with Gasteiger partial charge in [-0.25, -0.2) is 0 Å². The van der Waals surface area contributed by atoms with E-state index in [-0.39, 0.29) is 5.78 Å². The van der Waals surface area contributed by atoms with E-state index in [4.69, 9.17) is 0 Å². The van der Waals surface area contributed by atoms with E-state index < -0.39 is 0 Å². The van der Waals surface area contributed by atoms with Gasteiger partial charge in [0, 0.05) is 6.08 Å². The van der Waals surface area contributed by atoms with Crippen LogP contribution in [0.3, 0.4) is 0 Å². The fraction of sp³-hybridized carbons (Fsp3) is 0.294. The highest BCUT2D eigenvalue weighted by Gasteiger charge is 1.88. The number of hydrogen-bond acceptors (Lipinski definition) is 1. The molecule has 0 heterocycles. The molecular formula is C17H20O. The zero-order valence-corrected chi connectivity index (χ0v) is 10.9. The number of benzene rings is 1. The van der Waals surface area contributed by atoms with Gasteiger partial charge in [0.1, 0.15) is 0 Å². The summed E-state index contributed by atoms with van der Waals surface area (Å²) in [4.78, 5) is 11.5. The van der Waals surface area contributed by atoms with Crippen molar-refractivity contribution in [3.8, 4) is 0 Å². The molecule has 0 unspecified atom stereocenters. The maximum absolute atomic E-state index is 11.5. The van der Waals surface area contributed by atoms with Crippen LogP contribution in [-0.2, 0) is 4.79 Å². The number of allylic oxidation sites excluding steroid dienone is 2. The van der Waals surface area contributed by atoms with Crippen molar-refractivity contribution in [3.63, 3.8) is 0 Å². The number of hydrogen-bond donors (Lipinski definition) is 0. The number of rotatable bonds is 7. The lowest BCUT2D eigenvalue weighted by molar-refractivity contribution is -0.110. The monoisotopic (exact) mass is 240 g/mol. The van der Waals surface area contributed by atoms with Crippen LogP contribution in [0, 0.1) is 0 Å². The predicted octanol–water partition coefficient (Wildman–Crippen LogP) is 4.56. The minimum atomic E-state index is -0.0226. The molecule has 0 saturated carbocycles. The number of carbonyl (C=O) groups excluding carboxylic acids is 1. The lowest BCUT2D eigenvalue weighted by Gasteiger charge is -1.89. The Bertz CT molecular complexity index is 434. The van der Waals surface area contributed by atoms with E-state index >= 15 is 0 Å². The third-order valence-electron chi connectivity index (χ3n) is 2.54. The van der Waals surface area contributed by atoms with Crippen molar-refractivity contribution in [3.05, 3.63) is 59.9 Å². The van der Waals surface area contributed by atoms with Gasteiger partial charge in [0.2, 0.25) is 0 Å². The Kier molecular flexibility index (Phi) is 7.27. The van der Waals surface area contributed by atoms with Crippen molar-refractivity contribution in [1.82, 2.24) is 0 Å². The van der Waals surface area contributed by atoms with Gasteiger partial charge in [-0.3, -0.25) is 4.79 Å². The van der Waals surface area contributed by atoms with E-state index in [0.29, 0.717) is 0 Å². The first kappa shape index (κ1) is 14.2. The molecule has 1 rings (SSSR count). The zero-order valence-electron chi connectivity index (χ0n) is 10.9. The maximum Gasteiger partial charge on any atom is 0.186 e. The second-order valence-electron chi connectivity index (χ2n) is 4.16. The zero-order chi connectivity index (χ0) is 13.1. The third-order valence-corrected chi connectivity index (χ3v) is 2.54. The minimum absolute atomic E-state index is 0.0226. The van der Waals surface area contributed by atoms with E-state index in [1.165, 1.54) is 25.3 Å². The molecule has 0 aliphatic heterocycles. The van der Waals surface area contributed by atoms with Crippen LogP contribution in [0.15, 0.2) is 54.3 Å². The first-order valence-corrected chi connectivity index (χ1v) is 6.51. The van der Waals surface area contributed by atoms with Crippen LogP contribution >= 0.6 is 0 Å². The molecule has 0 radical (unpaired) electrons. The fourth-order valence-electron chi connectivity index (χ4n) is 1.51. The quantitative estimate of drug-likeness (QED) is 0.388. The standard InChI is InChI=1S/C17H20O/c1-2-3-4-5-6-10-13-17(18)15-14-16-11-8-7-9-12-16/h6-9,11-15H,2-5H2,1H3/b15-14+. The average molecular weight is 240 g/mol. The Balaban J connectivity index is 2.37. The van der Waals surface area contributed by atoms with Crippen LogP contribution in [0.25, 0.3) is 6.08 Å². The first-order valence-electron chi connectivity index (χ1n) is 6.51. The van der Waals surface area contributed by atoms with Gasteiger partial charge in [-0.1, -0.05) is 56.2 Å². The van der Waals surface area contributed by atoms with E-state index in [1.807, 2.05) is 42.5 Å². The van der Waals surface area contributed by atoms with E-state index in [0.717, 1.165) is 12.0 Å². The molecule has 1 aromatic rings. The van der Waals surface area contributed by atoms with Gasteiger partial charge in [0.25, 0.3) is 0 Å². The molecular weight excluding hydrogens is 220 g/mol. The number of carbonyl (C=O) groups is 1. The Hall–Kier alpha value is -1.85. The number of unbranched alkanes of at least 4 members (excludes halogenated alkanes) is 3. The summed E-state index contributed by atoms with van der Waals surface area (Å²) in [5.41, 5.74) is 3.96. The summed E-state index contributed by atoms with van der Waals surface area (Å²) >= 11 is 0. The summed E-state index contributed by atoms with van der Waals surface area (Å²) in [6, 6.07) is 9.79. The van der Waals surface area contributed by atoms with Gasteiger partial charge in [-0.05, 0) is 30.6 Å². The molecule has 1 aromatic carbocycles. The van der Waals surface area contributed by atoms with Crippen molar-refractivity contribution in [1.29, 1.82) is 0 Å². The highest BCUT2D eigenvalue weighted by Crippen LogP contribution is 2.01. The Morgan fingerprint density at radius 2 is 2.00 bits per heavy atom. The van der Waals surface area contributed by atoms with Gasteiger partial charge in [-0.15, -0.1) is 5.73 Å². The summed E-state index contributed by atoms with van der Waals surface area (Å²) in [5.74, 6) is -0.0226. The first-order chi connectivity index (χ1) is 8.83. The van der Waals surface area contributed by atoms with E-state index in [9.17, 15) is 4.79 Å². The van der Waals surface area contributed by atoms with Crippen LogP contribution < -0.4 is 0 Å². The highest BCUT2D eigenvalue weighted by molar-refractivity contribution is 6.01. The Labute approximate surface area is 110 Å². The molecule has 0 aliphatic carbocycles. The Morgan fingerprint density at radius 3 is 2.72 bits per heavy atom. The maximum atomic E-state index is 11.5. The van der Waals surface area contributed by atoms with Crippen molar-refractivity contribution >= 4 is 11.9 Å². The van der Waals surface area contributed by atoms with Gasteiger partial charge in [-0.2, -0.15) is 0 Å². The SMILES string of the molecule is CCCCCC=C=CC(=O)/C=C/c1ccccc1. The summed E-state index contributed by atoms with van der Waals surface area (Å²) in [5, 5.41) is 0. The normalized spacial score (nSPS) is 10.1. The molecule has 94 valence electrons. The fourth-order valence-corrected chi connectivity index (χ4v) is 1.51. The molecule has 0 bridgehead atoms. The van der Waals surface area contributed by atoms with Crippen LogP contribution in [0.1, 0.15) is 38.2 Å². The lowest BCUT2D eigenvalue weighted by Crippen LogP contribution is -1.83. The van der Waals surface area contributed by atoms with Crippen LogP contribution in [0.2, 0.25) is 0 Å². The predicted molar refractivity (Wildman–Crippen MR) is 77.3 cm³/mol. The molecule has 0 saturated heterocycles. The second-order valence-corrected chi connectivity index (χ2v) is 4.16. The van der Waals surface area contributed by atoms with E-state index in [1.54, 1.807) is 6.08 Å². The van der Waals surface area contributed by atoms with Crippen LogP contribution in [0.5, 0.6) is 0 Å². The minimum Gasteiger partial charge on any atom is -0.289 e. The smallest absolute Gasteiger partial charge is 0.186 e. The largest absolute Gasteiger partial charge is 0.289 e. The molecule has 0 aliphatic rings. The van der Waals surface area contributed by atoms with Gasteiger partial charge < -0.3 is 0 Å². The topological polar surface area (TPSA) is 17.1 Å². The molecule has 1 nitrogen and oxygen atoms in total. The van der Waals surface area contributed by atoms with E-state index in [2.05, 4.69) is 12.7 Å². The molecule has 0 N–H and O–H groups in total. The Morgan fingerprint density at radius 1 is 1.22 bits per heavy atom. The van der Waals surface area contributed by atoms with Crippen LogP contribution in [-0.4, -0.2) is 5.78 Å². The van der Waals surface area contributed by atoms with Gasteiger partial charge in [0.15, 0.2) is 5.78 Å². The van der Waals surface area contributed by atoms with Gasteiger partial charge in [0.05, 0.1) is 0 Å². The highest BCUT2D eigenvalue weighted by atomic mass is 16.1. The van der Waals surface area contributed by atoms with Crippen molar-refractivity contribution in [2.24, 2.45) is 0 Å². The van der Waals surface area contributed by atoms with Crippen molar-refractivity contribution in [2.75, 3.05) is 0 Å². The molecule has 0 amide bonds. The summed E-state index contributed by atoms with van der Waals surface area (Å²) in [6.07, 6.45) is 11.4. The number of ketones is 1. The van der Waals surface area contributed by atoms with Crippen LogP contribution in [0.4, 0.5) is 0 Å². The summed E-state index contributed by atoms with van der Waals surface area (Å²) < 4.78 is 0. The van der Waals surface area contributed by atoms with Gasteiger partial charge >= 0.3 is 0 Å². The summed E-state index contributed by atoms with van der Waals surface area (Å²) in [7, 11) is 0. The molecule has 1 heteroatoms. The summed E-state index contributed by atoms with van der Waals surface area (Å²) in [6.45, 7) is 2.18. The third kappa shape index (κ3) is 6.67. The lowest BCUT2D eigenvalue weighted by atomic mass is 10.2.